The Morgan fingerprint density at radius 2 is 1.73 bits per heavy atom. The predicted octanol–water partition coefficient (Wildman–Crippen LogP) is 4.49. The maximum absolute atomic E-state index is 13.1. The molecule has 0 fully saturated rings. The maximum Gasteiger partial charge on any atom is 0.339 e. The van der Waals surface area contributed by atoms with Crippen molar-refractivity contribution in [3.63, 3.8) is 0 Å². The number of benzene rings is 3. The summed E-state index contributed by atoms with van der Waals surface area (Å²) in [7, 11) is 0. The van der Waals surface area contributed by atoms with Gasteiger partial charge in [-0.05, 0) is 37.3 Å². The molecule has 1 unspecified atom stereocenters. The van der Waals surface area contributed by atoms with Crippen molar-refractivity contribution in [2.75, 3.05) is 11.9 Å². The minimum atomic E-state index is -1.18. The van der Waals surface area contributed by atoms with Crippen molar-refractivity contribution in [3.05, 3.63) is 95.6 Å². The molecule has 0 heterocycles. The molecule has 3 aromatic rings. The third-order valence-electron chi connectivity index (χ3n) is 4.24. The Labute approximate surface area is 174 Å². The Hall–Kier alpha value is -4.11. The van der Waals surface area contributed by atoms with E-state index in [4.69, 9.17) is 14.7 Å². The number of carbonyl (C=O) groups is 2. The maximum atomic E-state index is 13.1. The van der Waals surface area contributed by atoms with E-state index in [1.807, 2.05) is 13.0 Å². The summed E-state index contributed by atoms with van der Waals surface area (Å²) in [5.74, 6) is -0.694. The molecule has 0 aliphatic heterocycles. The molecule has 0 aliphatic rings. The third kappa shape index (κ3) is 5.03. The summed E-state index contributed by atoms with van der Waals surface area (Å²) in [6.45, 7) is 2.29. The normalized spacial score (nSPS) is 11.1. The number of anilines is 1. The van der Waals surface area contributed by atoms with Crippen molar-refractivity contribution < 1.29 is 19.1 Å². The number of nitrogens with zero attached hydrogens (tertiary/aromatic N) is 1. The molecular weight excluding hydrogens is 380 g/mol. The first-order valence-electron chi connectivity index (χ1n) is 9.41. The highest BCUT2D eigenvalue weighted by atomic mass is 16.5. The first-order chi connectivity index (χ1) is 14.6. The molecule has 0 aliphatic carbocycles. The van der Waals surface area contributed by atoms with Gasteiger partial charge in [0.2, 0.25) is 6.10 Å². The van der Waals surface area contributed by atoms with E-state index in [0.717, 1.165) is 0 Å². The molecule has 0 saturated carbocycles. The smallest absolute Gasteiger partial charge is 0.339 e. The second kappa shape index (κ2) is 9.89. The van der Waals surface area contributed by atoms with Crippen LogP contribution in [0.5, 0.6) is 5.75 Å². The summed E-state index contributed by atoms with van der Waals surface area (Å²) in [6, 6.07) is 23.9. The number of esters is 1. The minimum absolute atomic E-state index is 0.192. The Morgan fingerprint density at radius 3 is 2.47 bits per heavy atom. The van der Waals surface area contributed by atoms with Crippen LogP contribution in [0.3, 0.4) is 0 Å². The van der Waals surface area contributed by atoms with Gasteiger partial charge in [0.05, 0.1) is 29.5 Å². The van der Waals surface area contributed by atoms with Gasteiger partial charge in [-0.2, -0.15) is 5.26 Å². The SMILES string of the molecule is CCOc1ccccc1NC(=O)C(OC(=O)c1cccc(C#N)c1)c1ccccc1. The molecule has 1 atom stereocenters. The predicted molar refractivity (Wildman–Crippen MR) is 112 cm³/mol. The molecule has 3 aromatic carbocycles. The number of nitrogens with one attached hydrogen (secondary N) is 1. The van der Waals surface area contributed by atoms with Gasteiger partial charge in [-0.25, -0.2) is 4.79 Å². The number of hydrogen-bond donors (Lipinski definition) is 1. The number of rotatable bonds is 7. The van der Waals surface area contributed by atoms with Crippen LogP contribution in [0.1, 0.15) is 34.5 Å². The molecule has 0 radical (unpaired) electrons. The minimum Gasteiger partial charge on any atom is -0.492 e. The van der Waals surface area contributed by atoms with E-state index >= 15 is 0 Å². The van der Waals surface area contributed by atoms with E-state index < -0.39 is 18.0 Å². The van der Waals surface area contributed by atoms with Crippen molar-refractivity contribution in [2.24, 2.45) is 0 Å². The highest BCUT2D eigenvalue weighted by Crippen LogP contribution is 2.27. The largest absolute Gasteiger partial charge is 0.492 e. The monoisotopic (exact) mass is 400 g/mol. The molecule has 0 saturated heterocycles. The van der Waals surface area contributed by atoms with Crippen molar-refractivity contribution in [3.8, 4) is 11.8 Å². The summed E-state index contributed by atoms with van der Waals surface area (Å²) in [5.41, 5.74) is 1.52. The number of hydrogen-bond acceptors (Lipinski definition) is 5. The lowest BCUT2D eigenvalue weighted by molar-refractivity contribution is -0.125. The van der Waals surface area contributed by atoms with E-state index in [0.29, 0.717) is 29.2 Å². The van der Waals surface area contributed by atoms with Crippen LogP contribution in [0.4, 0.5) is 5.69 Å². The Balaban J connectivity index is 1.87. The van der Waals surface area contributed by atoms with Gasteiger partial charge in [0, 0.05) is 5.56 Å². The Bertz CT molecular complexity index is 1070. The van der Waals surface area contributed by atoms with Crippen molar-refractivity contribution >= 4 is 17.6 Å². The average Bonchev–Trinajstić information content (AvgIpc) is 2.79. The van der Waals surface area contributed by atoms with Crippen molar-refractivity contribution in [1.82, 2.24) is 0 Å². The topological polar surface area (TPSA) is 88.4 Å². The lowest BCUT2D eigenvalue weighted by Crippen LogP contribution is -2.26. The zero-order chi connectivity index (χ0) is 21.3. The number of carbonyl (C=O) groups excluding carboxylic acids is 2. The van der Waals surface area contributed by atoms with Gasteiger partial charge in [0.25, 0.3) is 5.91 Å². The van der Waals surface area contributed by atoms with Crippen molar-refractivity contribution in [2.45, 2.75) is 13.0 Å². The van der Waals surface area contributed by atoms with Gasteiger partial charge in [-0.15, -0.1) is 0 Å². The highest BCUT2D eigenvalue weighted by Gasteiger charge is 2.26. The van der Waals surface area contributed by atoms with Crippen LogP contribution < -0.4 is 10.1 Å². The van der Waals surface area contributed by atoms with Crippen LogP contribution in [0.2, 0.25) is 0 Å². The van der Waals surface area contributed by atoms with Gasteiger partial charge in [0.15, 0.2) is 0 Å². The van der Waals surface area contributed by atoms with Crippen LogP contribution in [0, 0.1) is 11.3 Å². The fraction of sp³-hybridized carbons (Fsp3) is 0.125. The van der Waals surface area contributed by atoms with Gasteiger partial charge in [0.1, 0.15) is 5.75 Å². The van der Waals surface area contributed by atoms with Gasteiger partial charge >= 0.3 is 5.97 Å². The molecule has 6 nitrogen and oxygen atoms in total. The second-order valence-electron chi connectivity index (χ2n) is 6.31. The Kier molecular flexibility index (Phi) is 6.80. The molecule has 6 heteroatoms. The molecule has 3 rings (SSSR count). The van der Waals surface area contributed by atoms with E-state index in [1.165, 1.54) is 12.1 Å². The summed E-state index contributed by atoms with van der Waals surface area (Å²) >= 11 is 0. The molecular formula is C24H20N2O4. The molecule has 30 heavy (non-hydrogen) atoms. The zero-order valence-electron chi connectivity index (χ0n) is 16.4. The van der Waals surface area contributed by atoms with Gasteiger partial charge < -0.3 is 14.8 Å². The first-order valence-corrected chi connectivity index (χ1v) is 9.41. The van der Waals surface area contributed by atoms with E-state index in [9.17, 15) is 9.59 Å². The molecule has 1 N–H and O–H groups in total. The molecule has 0 bridgehead atoms. The van der Waals surface area contributed by atoms with Crippen LogP contribution in [0.25, 0.3) is 0 Å². The quantitative estimate of drug-likeness (QED) is 0.590. The lowest BCUT2D eigenvalue weighted by Gasteiger charge is -2.19. The zero-order valence-corrected chi connectivity index (χ0v) is 16.4. The number of nitriles is 1. The number of amides is 1. The summed E-state index contributed by atoms with van der Waals surface area (Å²) < 4.78 is 11.1. The van der Waals surface area contributed by atoms with E-state index in [1.54, 1.807) is 66.7 Å². The fourth-order valence-electron chi connectivity index (χ4n) is 2.84. The van der Waals surface area contributed by atoms with Crippen LogP contribution >= 0.6 is 0 Å². The van der Waals surface area contributed by atoms with Crippen LogP contribution in [-0.2, 0) is 9.53 Å². The molecule has 150 valence electrons. The van der Waals surface area contributed by atoms with Gasteiger partial charge in [-0.3, -0.25) is 4.79 Å². The molecule has 1 amide bonds. The highest BCUT2D eigenvalue weighted by molar-refractivity contribution is 5.99. The third-order valence-corrected chi connectivity index (χ3v) is 4.24. The van der Waals surface area contributed by atoms with E-state index in [2.05, 4.69) is 5.32 Å². The first kappa shape index (κ1) is 20.6. The lowest BCUT2D eigenvalue weighted by atomic mass is 10.1. The van der Waals surface area contributed by atoms with Crippen molar-refractivity contribution in [1.29, 1.82) is 5.26 Å². The fourth-order valence-corrected chi connectivity index (χ4v) is 2.84. The summed E-state index contributed by atoms with van der Waals surface area (Å²) in [5, 5.41) is 11.8. The standard InChI is InChI=1S/C24H20N2O4/c1-2-29-21-14-7-6-13-20(21)26-23(27)22(18-10-4-3-5-11-18)30-24(28)19-12-8-9-17(15-19)16-25/h3-15,22H,2H2,1H3,(H,26,27). The summed E-state index contributed by atoms with van der Waals surface area (Å²) in [6.07, 6.45) is -1.18. The average molecular weight is 400 g/mol. The Morgan fingerprint density at radius 1 is 1.00 bits per heavy atom. The second-order valence-corrected chi connectivity index (χ2v) is 6.31. The van der Waals surface area contributed by atoms with Crippen LogP contribution in [0.15, 0.2) is 78.9 Å². The van der Waals surface area contributed by atoms with Crippen LogP contribution in [-0.4, -0.2) is 18.5 Å². The van der Waals surface area contributed by atoms with E-state index in [-0.39, 0.29) is 5.56 Å². The number of para-hydroxylation sites is 2. The molecule has 0 aromatic heterocycles. The summed E-state index contributed by atoms with van der Waals surface area (Å²) in [4.78, 5) is 25.7. The number of ether oxygens (including phenoxy) is 2. The van der Waals surface area contributed by atoms with Gasteiger partial charge in [-0.1, -0.05) is 48.5 Å². The molecule has 0 spiro atoms.